The van der Waals surface area contributed by atoms with E-state index in [1.165, 1.54) is 19.2 Å². The van der Waals surface area contributed by atoms with Crippen LogP contribution in [0.15, 0.2) is 42.5 Å². The lowest BCUT2D eigenvalue weighted by Gasteiger charge is -2.11. The van der Waals surface area contributed by atoms with Crippen LogP contribution in [0.5, 0.6) is 11.5 Å². The molecule has 0 aliphatic carbocycles. The van der Waals surface area contributed by atoms with E-state index < -0.39 is 17.3 Å². The van der Waals surface area contributed by atoms with Crippen molar-refractivity contribution in [2.75, 3.05) is 7.11 Å². The van der Waals surface area contributed by atoms with Gasteiger partial charge >= 0.3 is 5.97 Å². The highest BCUT2D eigenvalue weighted by atomic mass is 19.1. The zero-order chi connectivity index (χ0) is 14.5. The summed E-state index contributed by atoms with van der Waals surface area (Å²) in [7, 11) is 1.28. The molecule has 0 saturated heterocycles. The molecule has 0 fully saturated rings. The SMILES string of the molecule is COc1ccc(OCc2ccccc2)c(F)c1C(=O)O. The molecule has 20 heavy (non-hydrogen) atoms. The van der Waals surface area contributed by atoms with Crippen molar-refractivity contribution in [3.8, 4) is 11.5 Å². The quantitative estimate of drug-likeness (QED) is 0.911. The molecule has 104 valence electrons. The van der Waals surface area contributed by atoms with Gasteiger partial charge in [0.15, 0.2) is 11.6 Å². The summed E-state index contributed by atoms with van der Waals surface area (Å²) in [5.41, 5.74) is 0.331. The van der Waals surface area contributed by atoms with E-state index in [4.69, 9.17) is 14.6 Å². The number of carboxylic acids is 1. The van der Waals surface area contributed by atoms with Crippen molar-refractivity contribution in [1.82, 2.24) is 0 Å². The maximum atomic E-state index is 14.1. The number of methoxy groups -OCH3 is 1. The van der Waals surface area contributed by atoms with E-state index >= 15 is 0 Å². The molecule has 0 unspecified atom stereocenters. The van der Waals surface area contributed by atoms with Crippen LogP contribution in [0, 0.1) is 5.82 Å². The predicted molar refractivity (Wildman–Crippen MR) is 70.7 cm³/mol. The molecular weight excluding hydrogens is 263 g/mol. The smallest absolute Gasteiger partial charge is 0.342 e. The third kappa shape index (κ3) is 2.88. The standard InChI is InChI=1S/C15H13FO4/c1-19-11-7-8-12(14(16)13(11)15(17)18)20-9-10-5-3-2-4-6-10/h2-8H,9H2,1H3,(H,17,18). The molecule has 2 rings (SSSR count). The Morgan fingerprint density at radius 2 is 1.80 bits per heavy atom. The average molecular weight is 276 g/mol. The van der Waals surface area contributed by atoms with Crippen molar-refractivity contribution in [2.24, 2.45) is 0 Å². The molecule has 0 atom stereocenters. The lowest BCUT2D eigenvalue weighted by atomic mass is 10.1. The minimum Gasteiger partial charge on any atom is -0.496 e. The molecular formula is C15H13FO4. The average Bonchev–Trinajstić information content (AvgIpc) is 2.46. The number of aromatic carboxylic acids is 1. The van der Waals surface area contributed by atoms with Gasteiger partial charge < -0.3 is 14.6 Å². The first-order chi connectivity index (χ1) is 9.63. The lowest BCUT2D eigenvalue weighted by molar-refractivity contribution is 0.0686. The number of halogens is 1. The third-order valence-corrected chi connectivity index (χ3v) is 2.74. The number of hydrogen-bond acceptors (Lipinski definition) is 3. The topological polar surface area (TPSA) is 55.8 Å². The molecule has 0 saturated carbocycles. The summed E-state index contributed by atoms with van der Waals surface area (Å²) in [6, 6.07) is 11.9. The monoisotopic (exact) mass is 276 g/mol. The fourth-order valence-electron chi connectivity index (χ4n) is 1.76. The first kappa shape index (κ1) is 13.9. The van der Waals surface area contributed by atoms with Gasteiger partial charge in [0.1, 0.15) is 17.9 Å². The Labute approximate surface area is 115 Å². The van der Waals surface area contributed by atoms with Crippen molar-refractivity contribution in [3.63, 3.8) is 0 Å². The van der Waals surface area contributed by atoms with Gasteiger partial charge in [-0.15, -0.1) is 0 Å². The summed E-state index contributed by atoms with van der Waals surface area (Å²) < 4.78 is 24.2. The highest BCUT2D eigenvalue weighted by Crippen LogP contribution is 2.29. The summed E-state index contributed by atoms with van der Waals surface area (Å²) in [5, 5.41) is 9.01. The number of ether oxygens (including phenoxy) is 2. The Bertz CT molecular complexity index is 611. The highest BCUT2D eigenvalue weighted by molar-refractivity contribution is 5.91. The van der Waals surface area contributed by atoms with Crippen LogP contribution in [-0.4, -0.2) is 18.2 Å². The summed E-state index contributed by atoms with van der Waals surface area (Å²) >= 11 is 0. The minimum absolute atomic E-state index is 0.0398. The Hall–Kier alpha value is -2.56. The zero-order valence-corrected chi connectivity index (χ0v) is 10.8. The van der Waals surface area contributed by atoms with Gasteiger partial charge in [0.25, 0.3) is 0 Å². The first-order valence-electron chi connectivity index (χ1n) is 5.90. The van der Waals surface area contributed by atoms with Crippen LogP contribution < -0.4 is 9.47 Å². The summed E-state index contributed by atoms with van der Waals surface area (Å²) in [6.07, 6.45) is 0. The third-order valence-electron chi connectivity index (χ3n) is 2.74. The predicted octanol–water partition coefficient (Wildman–Crippen LogP) is 3.11. The summed E-state index contributed by atoms with van der Waals surface area (Å²) in [5.74, 6) is -2.49. The normalized spacial score (nSPS) is 10.1. The van der Waals surface area contributed by atoms with Crippen LogP contribution >= 0.6 is 0 Å². The second kappa shape index (κ2) is 6.06. The molecule has 0 aliphatic heterocycles. The van der Waals surface area contributed by atoms with Crippen LogP contribution in [0.4, 0.5) is 4.39 Å². The fraction of sp³-hybridized carbons (Fsp3) is 0.133. The van der Waals surface area contributed by atoms with Gasteiger partial charge in [-0.3, -0.25) is 0 Å². The van der Waals surface area contributed by atoms with E-state index in [0.717, 1.165) is 5.56 Å². The highest BCUT2D eigenvalue weighted by Gasteiger charge is 2.21. The van der Waals surface area contributed by atoms with E-state index in [1.54, 1.807) is 0 Å². The molecule has 0 aromatic heterocycles. The van der Waals surface area contributed by atoms with E-state index in [1.807, 2.05) is 30.3 Å². The zero-order valence-electron chi connectivity index (χ0n) is 10.8. The minimum atomic E-state index is -1.40. The van der Waals surface area contributed by atoms with Crippen molar-refractivity contribution >= 4 is 5.97 Å². The largest absolute Gasteiger partial charge is 0.496 e. The van der Waals surface area contributed by atoms with Gasteiger partial charge in [-0.1, -0.05) is 30.3 Å². The Morgan fingerprint density at radius 3 is 2.40 bits per heavy atom. The Morgan fingerprint density at radius 1 is 1.15 bits per heavy atom. The molecule has 0 spiro atoms. The van der Waals surface area contributed by atoms with Crippen LogP contribution in [0.25, 0.3) is 0 Å². The molecule has 4 nitrogen and oxygen atoms in total. The number of benzene rings is 2. The van der Waals surface area contributed by atoms with Gasteiger partial charge in [-0.05, 0) is 17.7 Å². The number of rotatable bonds is 5. The Kier molecular flexibility index (Phi) is 4.20. The lowest BCUT2D eigenvalue weighted by Crippen LogP contribution is -2.07. The van der Waals surface area contributed by atoms with Crippen molar-refractivity contribution in [1.29, 1.82) is 0 Å². The van der Waals surface area contributed by atoms with Crippen LogP contribution in [0.1, 0.15) is 15.9 Å². The first-order valence-corrected chi connectivity index (χ1v) is 5.90. The van der Waals surface area contributed by atoms with Gasteiger partial charge in [0.05, 0.1) is 7.11 Å². The van der Waals surface area contributed by atoms with Gasteiger partial charge in [0, 0.05) is 0 Å². The van der Waals surface area contributed by atoms with Crippen molar-refractivity contribution in [3.05, 3.63) is 59.4 Å². The van der Waals surface area contributed by atoms with Crippen LogP contribution in [0.2, 0.25) is 0 Å². The van der Waals surface area contributed by atoms with Crippen LogP contribution in [0.3, 0.4) is 0 Å². The molecule has 0 heterocycles. The molecule has 5 heteroatoms. The molecule has 0 bridgehead atoms. The number of hydrogen-bond donors (Lipinski definition) is 1. The second-order valence-corrected chi connectivity index (χ2v) is 4.03. The van der Waals surface area contributed by atoms with E-state index in [9.17, 15) is 9.18 Å². The Balaban J connectivity index is 2.25. The fourth-order valence-corrected chi connectivity index (χ4v) is 1.76. The number of carbonyl (C=O) groups is 1. The maximum Gasteiger partial charge on any atom is 0.342 e. The second-order valence-electron chi connectivity index (χ2n) is 4.03. The van der Waals surface area contributed by atoms with E-state index in [-0.39, 0.29) is 18.1 Å². The molecule has 1 N–H and O–H groups in total. The van der Waals surface area contributed by atoms with E-state index in [2.05, 4.69) is 0 Å². The van der Waals surface area contributed by atoms with Gasteiger partial charge in [0.2, 0.25) is 0 Å². The summed E-state index contributed by atoms with van der Waals surface area (Å²) in [6.45, 7) is 0.156. The molecule has 0 amide bonds. The van der Waals surface area contributed by atoms with Crippen molar-refractivity contribution < 1.29 is 23.8 Å². The van der Waals surface area contributed by atoms with Crippen LogP contribution in [-0.2, 0) is 6.61 Å². The van der Waals surface area contributed by atoms with Crippen molar-refractivity contribution in [2.45, 2.75) is 6.61 Å². The molecule has 0 aliphatic rings. The van der Waals surface area contributed by atoms with E-state index in [0.29, 0.717) is 0 Å². The molecule has 0 radical (unpaired) electrons. The van der Waals surface area contributed by atoms with Gasteiger partial charge in [-0.25, -0.2) is 9.18 Å². The molecule has 2 aromatic rings. The number of carboxylic acid groups (broad SMARTS) is 1. The summed E-state index contributed by atoms with van der Waals surface area (Å²) in [4.78, 5) is 11.1. The maximum absolute atomic E-state index is 14.1. The van der Waals surface area contributed by atoms with Gasteiger partial charge in [-0.2, -0.15) is 0 Å². The molecule has 2 aromatic carbocycles.